The maximum absolute atomic E-state index is 14.2. The fourth-order valence-corrected chi connectivity index (χ4v) is 3.70. The van der Waals surface area contributed by atoms with Gasteiger partial charge in [-0.1, -0.05) is 42.5 Å². The van der Waals surface area contributed by atoms with Gasteiger partial charge in [-0.05, 0) is 47.5 Å². The van der Waals surface area contributed by atoms with E-state index < -0.39 is 17.7 Å². The fourth-order valence-electron chi connectivity index (χ4n) is 3.70. The van der Waals surface area contributed by atoms with Gasteiger partial charge in [0.25, 0.3) is 0 Å². The molecular weight excluding hydrogens is 436 g/mol. The Bertz CT molecular complexity index is 1260. The zero-order chi connectivity index (χ0) is 23.9. The first-order valence-corrected chi connectivity index (χ1v) is 10.8. The third kappa shape index (κ3) is 5.81. The molecule has 7 heteroatoms. The molecular formula is C27H25F2N3O2. The van der Waals surface area contributed by atoms with Gasteiger partial charge >= 0.3 is 6.03 Å². The van der Waals surface area contributed by atoms with Crippen molar-refractivity contribution in [1.29, 1.82) is 0 Å². The predicted octanol–water partition coefficient (Wildman–Crippen LogP) is 6.06. The molecule has 0 bridgehead atoms. The lowest BCUT2D eigenvalue weighted by Crippen LogP contribution is -2.35. The van der Waals surface area contributed by atoms with Crippen molar-refractivity contribution >= 4 is 11.7 Å². The molecule has 4 rings (SSSR count). The first kappa shape index (κ1) is 23.0. The van der Waals surface area contributed by atoms with Gasteiger partial charge in [-0.15, -0.1) is 0 Å². The number of nitrogens with zero attached hydrogens (tertiary/aromatic N) is 2. The van der Waals surface area contributed by atoms with Crippen molar-refractivity contribution in [3.63, 3.8) is 0 Å². The second-order valence-electron chi connectivity index (χ2n) is 7.87. The van der Waals surface area contributed by atoms with Crippen LogP contribution < -0.4 is 10.1 Å². The topological polar surface area (TPSA) is 46.5 Å². The van der Waals surface area contributed by atoms with Crippen LogP contribution in [0.15, 0.2) is 91.1 Å². The van der Waals surface area contributed by atoms with Gasteiger partial charge in [0.2, 0.25) is 0 Å². The van der Waals surface area contributed by atoms with Crippen LogP contribution >= 0.6 is 0 Å². The molecule has 0 unspecified atom stereocenters. The van der Waals surface area contributed by atoms with Gasteiger partial charge in [0, 0.05) is 31.0 Å². The van der Waals surface area contributed by atoms with Crippen LogP contribution in [0.1, 0.15) is 16.8 Å². The van der Waals surface area contributed by atoms with Gasteiger partial charge < -0.3 is 19.5 Å². The Morgan fingerprint density at radius 2 is 1.71 bits per heavy atom. The highest BCUT2D eigenvalue weighted by Gasteiger charge is 2.18. The van der Waals surface area contributed by atoms with Gasteiger partial charge in [-0.3, -0.25) is 0 Å². The maximum Gasteiger partial charge on any atom is 0.322 e. The Kier molecular flexibility index (Phi) is 7.22. The van der Waals surface area contributed by atoms with Crippen molar-refractivity contribution in [1.82, 2.24) is 9.47 Å². The number of carbonyl (C=O) groups is 1. The quantitative estimate of drug-likeness (QED) is 0.347. The minimum atomic E-state index is -0.825. The van der Waals surface area contributed by atoms with Crippen molar-refractivity contribution in [2.75, 3.05) is 12.4 Å². The number of aromatic nitrogens is 1. The Labute approximate surface area is 197 Å². The highest BCUT2D eigenvalue weighted by atomic mass is 19.1. The summed E-state index contributed by atoms with van der Waals surface area (Å²) in [5.41, 5.74) is 2.83. The molecule has 174 valence electrons. The van der Waals surface area contributed by atoms with Gasteiger partial charge in [0.15, 0.2) is 0 Å². The summed E-state index contributed by atoms with van der Waals surface area (Å²) in [6, 6.07) is 23.8. The fraction of sp³-hybridized carbons (Fsp3) is 0.148. The highest BCUT2D eigenvalue weighted by Crippen LogP contribution is 2.19. The Hall–Kier alpha value is -4.13. The molecule has 5 nitrogen and oxygen atoms in total. The van der Waals surface area contributed by atoms with Crippen molar-refractivity contribution in [2.24, 2.45) is 0 Å². The summed E-state index contributed by atoms with van der Waals surface area (Å²) in [7, 11) is 1.63. The summed E-state index contributed by atoms with van der Waals surface area (Å²) in [5, 5.41) is 2.57. The van der Waals surface area contributed by atoms with Gasteiger partial charge in [-0.25, -0.2) is 13.6 Å². The summed E-state index contributed by atoms with van der Waals surface area (Å²) in [6.45, 7) is 1.22. The number of hydrogen-bond acceptors (Lipinski definition) is 2. The number of anilines is 1. The first-order chi connectivity index (χ1) is 16.5. The van der Waals surface area contributed by atoms with E-state index in [4.69, 9.17) is 4.74 Å². The average molecular weight is 462 g/mol. The van der Waals surface area contributed by atoms with E-state index in [2.05, 4.69) is 9.88 Å². The van der Waals surface area contributed by atoms with E-state index in [1.165, 1.54) is 6.07 Å². The maximum atomic E-state index is 14.2. The van der Waals surface area contributed by atoms with Crippen LogP contribution in [0.3, 0.4) is 0 Å². The van der Waals surface area contributed by atoms with Crippen LogP contribution in [-0.2, 0) is 19.6 Å². The molecule has 3 aromatic carbocycles. The minimum Gasteiger partial charge on any atom is -0.497 e. The second kappa shape index (κ2) is 10.7. The molecule has 0 aliphatic carbocycles. The molecule has 0 fully saturated rings. The molecule has 0 spiro atoms. The smallest absolute Gasteiger partial charge is 0.322 e. The lowest BCUT2D eigenvalue weighted by molar-refractivity contribution is 0.205. The predicted molar refractivity (Wildman–Crippen MR) is 128 cm³/mol. The van der Waals surface area contributed by atoms with Crippen LogP contribution in [0, 0.1) is 11.6 Å². The SMILES string of the molecule is COc1cccc(Cn2cccc2CN(Cc2ccccc2)C(=O)Nc2ccc(F)cc2F)c1. The number of methoxy groups -OCH3 is 1. The largest absolute Gasteiger partial charge is 0.497 e. The Morgan fingerprint density at radius 1 is 0.912 bits per heavy atom. The number of benzene rings is 3. The van der Waals surface area contributed by atoms with E-state index in [1.54, 1.807) is 12.0 Å². The monoisotopic (exact) mass is 461 g/mol. The number of amides is 2. The van der Waals surface area contributed by atoms with Crippen LogP contribution in [0.5, 0.6) is 5.75 Å². The van der Waals surface area contributed by atoms with Gasteiger partial charge in [-0.2, -0.15) is 0 Å². The minimum absolute atomic E-state index is 0.0729. The average Bonchev–Trinajstić information content (AvgIpc) is 3.27. The lowest BCUT2D eigenvalue weighted by atomic mass is 10.2. The molecule has 0 saturated carbocycles. The third-order valence-electron chi connectivity index (χ3n) is 5.44. The molecule has 2 amide bonds. The normalized spacial score (nSPS) is 10.7. The molecule has 0 radical (unpaired) electrons. The Balaban J connectivity index is 1.56. The molecule has 4 aromatic rings. The van der Waals surface area contributed by atoms with E-state index >= 15 is 0 Å². The van der Waals surface area contributed by atoms with Crippen molar-refractivity contribution in [3.05, 3.63) is 120 Å². The van der Waals surface area contributed by atoms with Crippen LogP contribution in [0.4, 0.5) is 19.3 Å². The zero-order valence-electron chi connectivity index (χ0n) is 18.7. The molecule has 0 saturated heterocycles. The van der Waals surface area contributed by atoms with E-state index in [9.17, 15) is 13.6 Å². The summed E-state index contributed by atoms with van der Waals surface area (Å²) in [6.07, 6.45) is 1.95. The Morgan fingerprint density at radius 3 is 2.47 bits per heavy atom. The third-order valence-corrected chi connectivity index (χ3v) is 5.44. The molecule has 0 aliphatic rings. The number of urea groups is 1. The lowest BCUT2D eigenvalue weighted by Gasteiger charge is -2.24. The van der Waals surface area contributed by atoms with Crippen molar-refractivity contribution in [2.45, 2.75) is 19.6 Å². The van der Waals surface area contributed by atoms with Gasteiger partial charge in [0.05, 0.1) is 19.3 Å². The number of nitrogens with one attached hydrogen (secondary N) is 1. The number of hydrogen-bond donors (Lipinski definition) is 1. The van der Waals surface area contributed by atoms with Gasteiger partial charge in [0.1, 0.15) is 17.4 Å². The second-order valence-corrected chi connectivity index (χ2v) is 7.87. The van der Waals surface area contributed by atoms with E-state index in [0.717, 1.165) is 34.7 Å². The zero-order valence-corrected chi connectivity index (χ0v) is 18.7. The van der Waals surface area contributed by atoms with Crippen molar-refractivity contribution in [3.8, 4) is 5.75 Å². The summed E-state index contributed by atoms with van der Waals surface area (Å²) >= 11 is 0. The molecule has 1 N–H and O–H groups in total. The molecule has 1 heterocycles. The molecule has 34 heavy (non-hydrogen) atoms. The molecule has 1 aromatic heterocycles. The van der Waals surface area contributed by atoms with Crippen molar-refractivity contribution < 1.29 is 18.3 Å². The van der Waals surface area contributed by atoms with Crippen LogP contribution in [0.25, 0.3) is 0 Å². The van der Waals surface area contributed by atoms with E-state index in [-0.39, 0.29) is 5.69 Å². The van der Waals surface area contributed by atoms with Crippen LogP contribution in [0.2, 0.25) is 0 Å². The number of ether oxygens (including phenoxy) is 1. The highest BCUT2D eigenvalue weighted by molar-refractivity contribution is 5.89. The van der Waals surface area contributed by atoms with E-state index in [1.807, 2.05) is 72.9 Å². The number of rotatable bonds is 8. The summed E-state index contributed by atoms with van der Waals surface area (Å²) in [5.74, 6) is -0.751. The number of carbonyl (C=O) groups excluding carboxylic acids is 1. The van der Waals surface area contributed by atoms with E-state index in [0.29, 0.717) is 19.6 Å². The summed E-state index contributed by atoms with van der Waals surface area (Å²) < 4.78 is 34.8. The summed E-state index contributed by atoms with van der Waals surface area (Å²) in [4.78, 5) is 14.8. The molecule has 0 atom stereocenters. The standard InChI is InChI=1S/C27H25F2N3O2/c1-34-24-11-5-9-21(15-24)18-31-14-6-10-23(31)19-32(17-20-7-3-2-4-8-20)27(33)30-26-13-12-22(28)16-25(26)29/h2-16H,17-19H2,1H3,(H,30,33). The van der Waals surface area contributed by atoms with Crippen LogP contribution in [-0.4, -0.2) is 22.6 Å². The molecule has 0 aliphatic heterocycles. The first-order valence-electron chi connectivity index (χ1n) is 10.8. The number of halogens is 2.